The number of anilines is 1. The van der Waals surface area contributed by atoms with Crippen molar-refractivity contribution in [2.24, 2.45) is 5.10 Å². The molecule has 1 aliphatic carbocycles. The topological polar surface area (TPSA) is 88.1 Å². The molecule has 30 heavy (non-hydrogen) atoms. The minimum atomic E-state index is -4.07. The van der Waals surface area contributed by atoms with E-state index in [9.17, 15) is 13.2 Å². The summed E-state index contributed by atoms with van der Waals surface area (Å²) in [6, 6.07) is 11.0. The second-order valence-electron chi connectivity index (χ2n) is 7.06. The minimum absolute atomic E-state index is 0.0602. The molecule has 0 radical (unpaired) electrons. The van der Waals surface area contributed by atoms with Crippen LogP contribution in [0.1, 0.15) is 31.2 Å². The highest BCUT2D eigenvalue weighted by Crippen LogP contribution is 2.34. The predicted molar refractivity (Wildman–Crippen MR) is 118 cm³/mol. The molecule has 0 aliphatic heterocycles. The van der Waals surface area contributed by atoms with Gasteiger partial charge in [-0.25, -0.2) is 13.8 Å². The molecule has 0 spiro atoms. The van der Waals surface area contributed by atoms with Gasteiger partial charge in [-0.2, -0.15) is 5.10 Å². The van der Waals surface area contributed by atoms with Crippen molar-refractivity contribution in [2.45, 2.75) is 37.5 Å². The number of carbonyl (C=O) groups is 1. The Hall–Kier alpha value is -2.58. The lowest BCUT2D eigenvalue weighted by Gasteiger charge is -2.25. The largest absolute Gasteiger partial charge is 0.495 e. The molecule has 0 aromatic heterocycles. The van der Waals surface area contributed by atoms with E-state index in [-0.39, 0.29) is 16.3 Å². The van der Waals surface area contributed by atoms with E-state index in [1.165, 1.54) is 25.3 Å². The van der Waals surface area contributed by atoms with Gasteiger partial charge < -0.3 is 4.74 Å². The number of benzene rings is 2. The maximum Gasteiger partial charge on any atom is 0.264 e. The number of aryl methyl sites for hydroxylation is 1. The molecule has 2 aromatic carbocycles. The third-order valence-corrected chi connectivity index (χ3v) is 6.83. The highest BCUT2D eigenvalue weighted by molar-refractivity contribution is 7.92. The van der Waals surface area contributed by atoms with Crippen LogP contribution in [0.4, 0.5) is 5.69 Å². The molecule has 160 valence electrons. The standard InChI is InChI=1S/C21H24ClN3O4S/c1-15-7-10-18(11-8-15)30(27,28)25(19-13-16(22)9-12-20(19)29-2)14-21(26)24-23-17-5-3-4-6-17/h7-13H,3-6,14H2,1-2H3,(H,24,26). The third-order valence-electron chi connectivity index (χ3n) is 4.83. The molecule has 1 aliphatic rings. The second-order valence-corrected chi connectivity index (χ2v) is 9.36. The number of halogens is 1. The highest BCUT2D eigenvalue weighted by atomic mass is 35.5. The number of sulfonamides is 1. The summed E-state index contributed by atoms with van der Waals surface area (Å²) in [6.07, 6.45) is 3.77. The van der Waals surface area contributed by atoms with Gasteiger partial charge in [0.05, 0.1) is 17.7 Å². The lowest BCUT2D eigenvalue weighted by molar-refractivity contribution is -0.119. The van der Waals surface area contributed by atoms with Crippen LogP contribution in [0.15, 0.2) is 52.5 Å². The fourth-order valence-electron chi connectivity index (χ4n) is 3.20. The van der Waals surface area contributed by atoms with Crippen molar-refractivity contribution in [3.05, 3.63) is 53.1 Å². The number of nitrogens with one attached hydrogen (secondary N) is 1. The van der Waals surface area contributed by atoms with Crippen LogP contribution in [0.2, 0.25) is 5.02 Å². The van der Waals surface area contributed by atoms with Crippen LogP contribution in [-0.2, 0) is 14.8 Å². The van der Waals surface area contributed by atoms with E-state index < -0.39 is 22.5 Å². The number of ether oxygens (including phenoxy) is 1. The van der Waals surface area contributed by atoms with Gasteiger partial charge >= 0.3 is 0 Å². The predicted octanol–water partition coefficient (Wildman–Crippen LogP) is 3.90. The Bertz CT molecular complexity index is 1040. The summed E-state index contributed by atoms with van der Waals surface area (Å²) in [5, 5.41) is 4.46. The van der Waals surface area contributed by atoms with Gasteiger partial charge in [0.2, 0.25) is 0 Å². The zero-order valence-electron chi connectivity index (χ0n) is 16.9. The van der Waals surface area contributed by atoms with Crippen molar-refractivity contribution in [3.8, 4) is 5.75 Å². The first-order chi connectivity index (χ1) is 14.3. The molecule has 1 fully saturated rings. The number of nitrogens with zero attached hydrogens (tertiary/aromatic N) is 2. The van der Waals surface area contributed by atoms with Gasteiger partial charge in [0.1, 0.15) is 12.3 Å². The molecule has 1 amide bonds. The molecule has 1 N–H and O–H groups in total. The van der Waals surface area contributed by atoms with E-state index in [4.69, 9.17) is 16.3 Å². The van der Waals surface area contributed by atoms with Gasteiger partial charge in [-0.05, 0) is 62.9 Å². The average molecular weight is 450 g/mol. The van der Waals surface area contributed by atoms with Gasteiger partial charge in [0.15, 0.2) is 0 Å². The van der Waals surface area contributed by atoms with Gasteiger partial charge in [0, 0.05) is 10.7 Å². The summed E-state index contributed by atoms with van der Waals surface area (Å²) in [7, 11) is -2.64. The molecule has 0 atom stereocenters. The van der Waals surface area contributed by atoms with E-state index in [0.29, 0.717) is 5.02 Å². The van der Waals surface area contributed by atoms with Gasteiger partial charge in [-0.15, -0.1) is 0 Å². The fourth-order valence-corrected chi connectivity index (χ4v) is 4.79. The lowest BCUT2D eigenvalue weighted by Crippen LogP contribution is -2.40. The molecular formula is C21H24ClN3O4S. The summed E-state index contributed by atoms with van der Waals surface area (Å²) in [4.78, 5) is 12.7. The molecule has 2 aromatic rings. The van der Waals surface area contributed by atoms with Crippen molar-refractivity contribution in [1.29, 1.82) is 0 Å². The van der Waals surface area contributed by atoms with E-state index in [0.717, 1.165) is 41.3 Å². The highest BCUT2D eigenvalue weighted by Gasteiger charge is 2.29. The molecule has 9 heteroatoms. The number of hydrogen-bond acceptors (Lipinski definition) is 5. The zero-order chi connectivity index (χ0) is 21.7. The van der Waals surface area contributed by atoms with Crippen molar-refractivity contribution in [1.82, 2.24) is 5.43 Å². The summed E-state index contributed by atoms with van der Waals surface area (Å²) in [5.41, 5.74) is 4.49. The van der Waals surface area contributed by atoms with Gasteiger partial charge in [-0.3, -0.25) is 9.10 Å². The molecule has 7 nitrogen and oxygen atoms in total. The van der Waals surface area contributed by atoms with Gasteiger partial charge in [0.25, 0.3) is 15.9 Å². The zero-order valence-corrected chi connectivity index (χ0v) is 18.5. The van der Waals surface area contributed by atoms with Crippen molar-refractivity contribution in [2.75, 3.05) is 18.0 Å². The van der Waals surface area contributed by atoms with E-state index in [1.54, 1.807) is 24.3 Å². The van der Waals surface area contributed by atoms with Crippen molar-refractivity contribution in [3.63, 3.8) is 0 Å². The first kappa shape index (κ1) is 22.1. The summed E-state index contributed by atoms with van der Waals surface area (Å²) in [5.74, 6) is -0.267. The molecule has 0 unspecified atom stereocenters. The maximum absolute atomic E-state index is 13.4. The lowest BCUT2D eigenvalue weighted by atomic mass is 10.2. The van der Waals surface area contributed by atoms with Gasteiger partial charge in [-0.1, -0.05) is 29.3 Å². The SMILES string of the molecule is COc1ccc(Cl)cc1N(CC(=O)NN=C1CCCC1)S(=O)(=O)c1ccc(C)cc1. The van der Waals surface area contributed by atoms with Crippen LogP contribution in [-0.4, -0.2) is 33.7 Å². The number of amides is 1. The Kier molecular flexibility index (Phi) is 6.99. The van der Waals surface area contributed by atoms with Crippen molar-refractivity contribution >= 4 is 38.9 Å². The van der Waals surface area contributed by atoms with E-state index >= 15 is 0 Å². The average Bonchev–Trinajstić information content (AvgIpc) is 3.24. The van der Waals surface area contributed by atoms with E-state index in [1.807, 2.05) is 6.92 Å². The number of hydrogen-bond donors (Lipinski definition) is 1. The Morgan fingerprint density at radius 3 is 2.47 bits per heavy atom. The fraction of sp³-hybridized carbons (Fsp3) is 0.333. The first-order valence-electron chi connectivity index (χ1n) is 9.58. The third kappa shape index (κ3) is 5.12. The Labute approximate surface area is 181 Å². The molecule has 0 heterocycles. The number of hydrazone groups is 1. The summed E-state index contributed by atoms with van der Waals surface area (Å²) >= 11 is 6.12. The smallest absolute Gasteiger partial charge is 0.264 e. The van der Waals surface area contributed by atoms with Crippen LogP contribution < -0.4 is 14.5 Å². The Morgan fingerprint density at radius 2 is 1.83 bits per heavy atom. The van der Waals surface area contributed by atoms with Crippen LogP contribution in [0.3, 0.4) is 0 Å². The quantitative estimate of drug-likeness (QED) is 0.649. The van der Waals surface area contributed by atoms with Crippen LogP contribution >= 0.6 is 11.6 Å². The molecule has 0 bridgehead atoms. The molecule has 1 saturated carbocycles. The normalized spacial score (nSPS) is 13.8. The van der Waals surface area contributed by atoms with Crippen LogP contribution in [0, 0.1) is 6.92 Å². The molecular weight excluding hydrogens is 426 g/mol. The molecule has 0 saturated heterocycles. The first-order valence-corrected chi connectivity index (χ1v) is 11.4. The maximum atomic E-state index is 13.4. The minimum Gasteiger partial charge on any atom is -0.495 e. The second kappa shape index (κ2) is 9.49. The summed E-state index contributed by atoms with van der Waals surface area (Å²) < 4.78 is 33.2. The monoisotopic (exact) mass is 449 g/mol. The number of methoxy groups -OCH3 is 1. The molecule has 3 rings (SSSR count). The van der Waals surface area contributed by atoms with Crippen LogP contribution in [0.5, 0.6) is 5.75 Å². The number of rotatable bonds is 7. The Morgan fingerprint density at radius 1 is 1.17 bits per heavy atom. The summed E-state index contributed by atoms with van der Waals surface area (Å²) in [6.45, 7) is 1.40. The van der Waals surface area contributed by atoms with Crippen LogP contribution in [0.25, 0.3) is 0 Å². The van der Waals surface area contributed by atoms with Crippen molar-refractivity contribution < 1.29 is 17.9 Å². The number of carbonyl (C=O) groups excluding carboxylic acids is 1. The van der Waals surface area contributed by atoms with E-state index in [2.05, 4.69) is 10.5 Å². The Balaban J connectivity index is 1.98.